The number of para-hydroxylation sites is 2. The number of hydrogen-bond acceptors (Lipinski definition) is 9. The molecule has 8 aromatic carbocycles. The molecule has 8 rings (SSSR count). The second kappa shape index (κ2) is 22.4. The molecule has 0 spiro atoms. The van der Waals surface area contributed by atoms with Crippen molar-refractivity contribution in [1.29, 1.82) is 0 Å². The summed E-state index contributed by atoms with van der Waals surface area (Å²) >= 11 is 0. The molecule has 0 aliphatic carbocycles. The molecule has 0 saturated heterocycles. The molecule has 0 amide bonds. The average molecular weight is 923 g/mol. The minimum atomic E-state index is -0.959. The monoisotopic (exact) mass is 922 g/mol. The van der Waals surface area contributed by atoms with E-state index in [-0.39, 0.29) is 23.0 Å². The van der Waals surface area contributed by atoms with Crippen LogP contribution in [0.15, 0.2) is 194 Å². The minimum Gasteiger partial charge on any atom is -0.504 e. The molecule has 0 aliphatic rings. The van der Waals surface area contributed by atoms with Crippen LogP contribution >= 0.6 is 0 Å². The number of phenols is 2. The van der Waals surface area contributed by atoms with Gasteiger partial charge in [-0.2, -0.15) is 0 Å². The van der Waals surface area contributed by atoms with Crippen LogP contribution in [0.4, 0.5) is 0 Å². The van der Waals surface area contributed by atoms with Crippen LogP contribution in [0.1, 0.15) is 57.3 Å². The Balaban J connectivity index is 0.972. The molecule has 0 heterocycles. The highest BCUT2D eigenvalue weighted by Gasteiger charge is 2.39. The first-order valence-corrected chi connectivity index (χ1v) is 23.1. The molecule has 352 valence electrons. The van der Waals surface area contributed by atoms with Crippen LogP contribution in [-0.2, 0) is 33.5 Å². The lowest BCUT2D eigenvalue weighted by molar-refractivity contribution is 0.0114. The molecule has 0 aromatic heterocycles. The molecule has 0 bridgehead atoms. The van der Waals surface area contributed by atoms with E-state index in [2.05, 4.69) is 24.3 Å². The van der Waals surface area contributed by atoms with Crippen LogP contribution in [0.5, 0.6) is 46.0 Å². The maximum atomic E-state index is 11.6. The molecule has 9 nitrogen and oxygen atoms in total. The lowest BCUT2D eigenvalue weighted by Crippen LogP contribution is -2.33. The van der Waals surface area contributed by atoms with Gasteiger partial charge in [0.1, 0.15) is 34.2 Å². The Bertz CT molecular complexity index is 2550. The van der Waals surface area contributed by atoms with Crippen LogP contribution in [-0.4, -0.2) is 51.9 Å². The van der Waals surface area contributed by atoms with Gasteiger partial charge >= 0.3 is 0 Å². The summed E-state index contributed by atoms with van der Waals surface area (Å²) in [7, 11) is 6.61. The fraction of sp³-hybridized carbons (Fsp3) is 0.200. The van der Waals surface area contributed by atoms with Gasteiger partial charge in [0.05, 0.1) is 28.4 Å². The van der Waals surface area contributed by atoms with Gasteiger partial charge < -0.3 is 43.4 Å². The lowest BCUT2D eigenvalue weighted by Gasteiger charge is -2.36. The summed E-state index contributed by atoms with van der Waals surface area (Å²) in [6, 6.07) is 63.0. The van der Waals surface area contributed by atoms with Gasteiger partial charge in [-0.3, -0.25) is 0 Å². The van der Waals surface area contributed by atoms with E-state index in [1.807, 2.05) is 158 Å². The van der Waals surface area contributed by atoms with E-state index in [9.17, 15) is 10.2 Å². The zero-order chi connectivity index (χ0) is 48.1. The number of ether oxygens (including phenoxy) is 7. The van der Waals surface area contributed by atoms with Crippen molar-refractivity contribution in [2.45, 2.75) is 36.9 Å². The second-order valence-electron chi connectivity index (χ2n) is 16.5. The summed E-state index contributed by atoms with van der Waals surface area (Å²) in [6.45, 7) is 0.716. The van der Waals surface area contributed by atoms with Crippen molar-refractivity contribution in [1.82, 2.24) is 0 Å². The van der Waals surface area contributed by atoms with Crippen molar-refractivity contribution in [3.8, 4) is 46.0 Å². The quantitative estimate of drug-likeness (QED) is 0.0508. The molecule has 0 aliphatic heterocycles. The Kier molecular flexibility index (Phi) is 15.5. The highest BCUT2D eigenvalue weighted by atomic mass is 16.5. The Hall–Kier alpha value is -7.72. The highest BCUT2D eigenvalue weighted by Crippen LogP contribution is 2.45. The van der Waals surface area contributed by atoms with Crippen LogP contribution in [0.2, 0.25) is 0 Å². The summed E-state index contributed by atoms with van der Waals surface area (Å²) in [4.78, 5) is 0. The van der Waals surface area contributed by atoms with E-state index < -0.39 is 11.2 Å². The van der Waals surface area contributed by atoms with E-state index >= 15 is 0 Å². The average Bonchev–Trinajstić information content (AvgIpc) is 3.41. The first kappa shape index (κ1) is 47.8. The van der Waals surface area contributed by atoms with Crippen molar-refractivity contribution in [3.05, 3.63) is 239 Å². The van der Waals surface area contributed by atoms with E-state index in [1.54, 1.807) is 40.6 Å². The lowest BCUT2D eigenvalue weighted by atomic mass is 9.80. The molecular formula is C60H58O9. The summed E-state index contributed by atoms with van der Waals surface area (Å²) < 4.78 is 42.4. The Morgan fingerprint density at radius 1 is 0.333 bits per heavy atom. The van der Waals surface area contributed by atoms with Gasteiger partial charge in [-0.15, -0.1) is 0 Å². The minimum absolute atomic E-state index is 0.00431. The van der Waals surface area contributed by atoms with E-state index in [0.29, 0.717) is 50.0 Å². The third kappa shape index (κ3) is 10.4. The van der Waals surface area contributed by atoms with E-state index in [1.165, 1.54) is 0 Å². The maximum absolute atomic E-state index is 11.6. The first-order chi connectivity index (χ1) is 33.8. The SMILES string of the molecule is COc1ccc(C(OCCCc2cccc(Oc3cccc(CCCOC(c4ccccc4)(c4ccc(OC)cc4)c4ccc(OC)cc4)c3O)c2O)(c2ccccc2)c2ccc(OC)cc2)cc1. The van der Waals surface area contributed by atoms with Gasteiger partial charge in [-0.05, 0) is 131 Å². The molecule has 0 saturated carbocycles. The Morgan fingerprint density at radius 2 is 0.623 bits per heavy atom. The number of benzene rings is 8. The van der Waals surface area contributed by atoms with Crippen molar-refractivity contribution in [2.24, 2.45) is 0 Å². The topological polar surface area (TPSA) is 105 Å². The second-order valence-corrected chi connectivity index (χ2v) is 16.5. The largest absolute Gasteiger partial charge is 0.504 e. The predicted octanol–water partition coefficient (Wildman–Crippen LogP) is 12.8. The maximum Gasteiger partial charge on any atom is 0.169 e. The van der Waals surface area contributed by atoms with Gasteiger partial charge in [0, 0.05) is 13.2 Å². The molecule has 69 heavy (non-hydrogen) atoms. The summed E-state index contributed by atoms with van der Waals surface area (Å²) in [5, 5.41) is 23.2. The van der Waals surface area contributed by atoms with Crippen molar-refractivity contribution in [3.63, 3.8) is 0 Å². The van der Waals surface area contributed by atoms with Crippen molar-refractivity contribution >= 4 is 0 Å². The van der Waals surface area contributed by atoms with E-state index in [0.717, 1.165) is 56.4 Å². The number of phenolic OH excluding ortho intramolecular Hbond substituents is 2. The highest BCUT2D eigenvalue weighted by molar-refractivity contribution is 5.54. The molecule has 0 unspecified atom stereocenters. The molecule has 0 fully saturated rings. The van der Waals surface area contributed by atoms with Crippen LogP contribution in [0.3, 0.4) is 0 Å². The van der Waals surface area contributed by atoms with Gasteiger partial charge in [0.15, 0.2) is 23.0 Å². The van der Waals surface area contributed by atoms with Gasteiger partial charge in [0.2, 0.25) is 0 Å². The normalized spacial score (nSPS) is 11.5. The zero-order valence-electron chi connectivity index (χ0n) is 39.5. The molecule has 2 N–H and O–H groups in total. The van der Waals surface area contributed by atoms with Crippen LogP contribution in [0, 0.1) is 0 Å². The molecule has 0 radical (unpaired) electrons. The Labute approximate surface area is 405 Å². The summed E-state index contributed by atoms with van der Waals surface area (Å²) in [5.74, 6) is 3.48. The predicted molar refractivity (Wildman–Crippen MR) is 269 cm³/mol. The third-order valence-electron chi connectivity index (χ3n) is 12.5. The molecule has 0 atom stereocenters. The number of hydrogen-bond donors (Lipinski definition) is 2. The standard InChI is InChI=1S/C60H58O9/c1-63-51-33-25-47(26-34-51)59(45-19-7-5-8-20-45,48-27-35-52(64-2)36-28-48)67-41-13-17-43-15-11-23-55(57(43)61)69-56-24-12-16-44(58(56)62)18-14-42-68-60(46-21-9-6-10-22-46,49-29-37-53(65-3)38-30-49)50-31-39-54(66-4)40-32-50/h5-12,15-16,19-40,61-62H,13-14,17-18,41-42H2,1-4H3. The molecular weight excluding hydrogens is 865 g/mol. The van der Waals surface area contributed by atoms with Crippen molar-refractivity contribution in [2.75, 3.05) is 41.7 Å². The fourth-order valence-electron chi connectivity index (χ4n) is 8.95. The number of aromatic hydroxyl groups is 2. The smallest absolute Gasteiger partial charge is 0.169 e. The summed E-state index contributed by atoms with van der Waals surface area (Å²) in [6.07, 6.45) is 2.18. The number of aryl methyl sites for hydroxylation is 2. The number of methoxy groups -OCH3 is 4. The van der Waals surface area contributed by atoms with Crippen LogP contribution in [0.25, 0.3) is 0 Å². The van der Waals surface area contributed by atoms with Gasteiger partial charge in [-0.25, -0.2) is 0 Å². The fourth-order valence-corrected chi connectivity index (χ4v) is 8.95. The third-order valence-corrected chi connectivity index (χ3v) is 12.5. The molecule has 9 heteroatoms. The summed E-state index contributed by atoms with van der Waals surface area (Å²) in [5.41, 5.74) is 5.16. The van der Waals surface area contributed by atoms with Gasteiger partial charge in [-0.1, -0.05) is 133 Å². The van der Waals surface area contributed by atoms with E-state index in [4.69, 9.17) is 33.2 Å². The molecule has 8 aromatic rings. The first-order valence-electron chi connectivity index (χ1n) is 23.1. The van der Waals surface area contributed by atoms with Gasteiger partial charge in [0.25, 0.3) is 0 Å². The Morgan fingerprint density at radius 3 is 0.913 bits per heavy atom. The number of rotatable bonds is 22. The zero-order valence-corrected chi connectivity index (χ0v) is 39.5. The van der Waals surface area contributed by atoms with Crippen LogP contribution < -0.4 is 23.7 Å². The van der Waals surface area contributed by atoms with Crippen molar-refractivity contribution < 1.29 is 43.4 Å².